The highest BCUT2D eigenvalue weighted by molar-refractivity contribution is 9.10. The fourth-order valence-electron chi connectivity index (χ4n) is 3.01. The van der Waals surface area contributed by atoms with Gasteiger partial charge in [-0.05, 0) is 54.7 Å². The molecule has 1 aliphatic rings. The summed E-state index contributed by atoms with van der Waals surface area (Å²) < 4.78 is 1.17. The third-order valence-electron chi connectivity index (χ3n) is 4.14. The van der Waals surface area contributed by atoms with Crippen LogP contribution < -0.4 is 11.1 Å². The predicted molar refractivity (Wildman–Crippen MR) is 88.5 cm³/mol. The van der Waals surface area contributed by atoms with Gasteiger partial charge in [-0.25, -0.2) is 0 Å². The topological polar surface area (TPSA) is 55.1 Å². The van der Waals surface area contributed by atoms with Gasteiger partial charge in [0, 0.05) is 15.7 Å². The molecule has 0 bridgehead atoms. The maximum Gasteiger partial charge on any atom is 0.249 e. The molecule has 0 saturated heterocycles. The minimum atomic E-state index is -0.384. The van der Waals surface area contributed by atoms with Crippen molar-refractivity contribution in [1.29, 1.82) is 0 Å². The van der Waals surface area contributed by atoms with E-state index in [1.54, 1.807) is 6.07 Å². The zero-order valence-corrected chi connectivity index (χ0v) is 13.4. The molecule has 3 rings (SSSR count). The molecule has 1 unspecified atom stereocenters. The molecule has 2 aromatic carbocycles. The van der Waals surface area contributed by atoms with E-state index in [0.29, 0.717) is 5.56 Å². The molecular weight excluding hydrogens is 328 g/mol. The Hall–Kier alpha value is -1.81. The van der Waals surface area contributed by atoms with E-state index in [2.05, 4.69) is 39.4 Å². The summed E-state index contributed by atoms with van der Waals surface area (Å²) in [5, 5.41) is 3.56. The Morgan fingerprint density at radius 3 is 2.81 bits per heavy atom. The Kier molecular flexibility index (Phi) is 3.72. The van der Waals surface area contributed by atoms with Crippen molar-refractivity contribution < 1.29 is 4.79 Å². The van der Waals surface area contributed by atoms with Crippen molar-refractivity contribution in [3.63, 3.8) is 0 Å². The number of halogens is 1. The van der Waals surface area contributed by atoms with Crippen molar-refractivity contribution in [2.45, 2.75) is 25.8 Å². The second-order valence-electron chi connectivity index (χ2n) is 5.39. The average Bonchev–Trinajstić information content (AvgIpc) is 2.85. The van der Waals surface area contributed by atoms with Crippen molar-refractivity contribution in [3.8, 4) is 0 Å². The van der Waals surface area contributed by atoms with Gasteiger partial charge in [-0.15, -0.1) is 0 Å². The summed E-state index contributed by atoms with van der Waals surface area (Å²) in [6.07, 6.45) is 2.11. The van der Waals surface area contributed by atoms with E-state index in [4.69, 9.17) is 5.73 Å². The van der Waals surface area contributed by atoms with E-state index in [1.807, 2.05) is 19.1 Å². The lowest BCUT2D eigenvalue weighted by molar-refractivity contribution is 0.1000. The van der Waals surface area contributed by atoms with Crippen LogP contribution >= 0.6 is 15.9 Å². The largest absolute Gasteiger partial charge is 0.378 e. The number of fused-ring (bicyclic) bond motifs is 1. The van der Waals surface area contributed by atoms with E-state index in [0.717, 1.165) is 24.1 Å². The molecule has 3 N–H and O–H groups in total. The Balaban J connectivity index is 1.92. The summed E-state index contributed by atoms with van der Waals surface area (Å²) in [5.74, 6) is -0.384. The van der Waals surface area contributed by atoms with Crippen molar-refractivity contribution in [3.05, 3.63) is 63.1 Å². The lowest BCUT2D eigenvalue weighted by atomic mass is 10.0. The van der Waals surface area contributed by atoms with Crippen LogP contribution in [0, 0.1) is 6.92 Å². The number of nitrogens with two attached hydrogens (primary N) is 1. The first-order valence-electron chi connectivity index (χ1n) is 7.01. The summed E-state index contributed by atoms with van der Waals surface area (Å²) in [6, 6.07) is 12.2. The summed E-state index contributed by atoms with van der Waals surface area (Å²) in [6.45, 7) is 1.93. The van der Waals surface area contributed by atoms with Gasteiger partial charge in [-0.2, -0.15) is 0 Å². The zero-order valence-electron chi connectivity index (χ0n) is 11.8. The standard InChI is InChI=1S/C17H17BrN2O/c1-10-11(17(19)21)4-3-7-15(10)20-16-9-8-12-13(16)5-2-6-14(12)18/h2-7,16,20H,8-9H2,1H3,(H2,19,21). The van der Waals surface area contributed by atoms with Gasteiger partial charge in [0.05, 0.1) is 6.04 Å². The molecule has 21 heavy (non-hydrogen) atoms. The third-order valence-corrected chi connectivity index (χ3v) is 4.89. The van der Waals surface area contributed by atoms with Gasteiger partial charge in [-0.3, -0.25) is 4.79 Å². The predicted octanol–water partition coefficient (Wildman–Crippen LogP) is 3.96. The summed E-state index contributed by atoms with van der Waals surface area (Å²) in [7, 11) is 0. The molecule has 3 nitrogen and oxygen atoms in total. The number of carbonyl (C=O) groups excluding carboxylic acids is 1. The fourth-order valence-corrected chi connectivity index (χ4v) is 3.59. The van der Waals surface area contributed by atoms with E-state index in [-0.39, 0.29) is 11.9 Å². The minimum Gasteiger partial charge on any atom is -0.378 e. The maximum absolute atomic E-state index is 11.4. The SMILES string of the molecule is Cc1c(NC2CCc3c(Br)cccc32)cccc1C(N)=O. The molecule has 0 heterocycles. The minimum absolute atomic E-state index is 0.277. The van der Waals surface area contributed by atoms with Crippen LogP contribution in [0.2, 0.25) is 0 Å². The van der Waals surface area contributed by atoms with Crippen molar-refractivity contribution in [2.75, 3.05) is 5.32 Å². The van der Waals surface area contributed by atoms with Crippen LogP contribution in [0.25, 0.3) is 0 Å². The van der Waals surface area contributed by atoms with E-state index in [1.165, 1.54) is 15.6 Å². The molecule has 1 aliphatic carbocycles. The van der Waals surface area contributed by atoms with E-state index >= 15 is 0 Å². The molecule has 0 aromatic heterocycles. The summed E-state index contributed by atoms with van der Waals surface area (Å²) in [5.41, 5.74) is 10.6. The van der Waals surface area contributed by atoms with Crippen LogP contribution in [-0.4, -0.2) is 5.91 Å². The van der Waals surface area contributed by atoms with Gasteiger partial charge in [0.2, 0.25) is 5.91 Å². The number of benzene rings is 2. The van der Waals surface area contributed by atoms with E-state index < -0.39 is 0 Å². The third kappa shape index (κ3) is 2.56. The molecular formula is C17H17BrN2O. The molecule has 0 radical (unpaired) electrons. The average molecular weight is 345 g/mol. The molecule has 0 fully saturated rings. The highest BCUT2D eigenvalue weighted by atomic mass is 79.9. The zero-order chi connectivity index (χ0) is 15.0. The molecule has 0 spiro atoms. The van der Waals surface area contributed by atoms with Crippen LogP contribution in [0.5, 0.6) is 0 Å². The Morgan fingerprint density at radius 2 is 2.05 bits per heavy atom. The van der Waals surface area contributed by atoms with Gasteiger partial charge in [0.25, 0.3) is 0 Å². The first-order valence-corrected chi connectivity index (χ1v) is 7.80. The monoisotopic (exact) mass is 344 g/mol. The number of hydrogen-bond donors (Lipinski definition) is 2. The summed E-state index contributed by atoms with van der Waals surface area (Å²) in [4.78, 5) is 11.4. The lowest BCUT2D eigenvalue weighted by Gasteiger charge is -2.18. The number of anilines is 1. The number of hydrogen-bond acceptors (Lipinski definition) is 2. The second kappa shape index (κ2) is 5.53. The molecule has 108 valence electrons. The van der Waals surface area contributed by atoms with Crippen molar-refractivity contribution in [1.82, 2.24) is 0 Å². The van der Waals surface area contributed by atoms with E-state index in [9.17, 15) is 4.79 Å². The van der Waals surface area contributed by atoms with Gasteiger partial charge < -0.3 is 11.1 Å². The summed E-state index contributed by atoms with van der Waals surface area (Å²) >= 11 is 3.62. The molecule has 1 amide bonds. The first kappa shape index (κ1) is 14.1. The molecule has 2 aromatic rings. The van der Waals surface area contributed by atoms with Gasteiger partial charge in [0.1, 0.15) is 0 Å². The quantitative estimate of drug-likeness (QED) is 0.885. The molecule has 0 saturated carbocycles. The fraction of sp³-hybridized carbons (Fsp3) is 0.235. The second-order valence-corrected chi connectivity index (χ2v) is 6.24. The van der Waals surface area contributed by atoms with Crippen LogP contribution in [0.4, 0.5) is 5.69 Å². The van der Waals surface area contributed by atoms with Gasteiger partial charge >= 0.3 is 0 Å². The number of nitrogens with one attached hydrogen (secondary N) is 1. The van der Waals surface area contributed by atoms with Crippen LogP contribution in [0.3, 0.4) is 0 Å². The van der Waals surface area contributed by atoms with Crippen LogP contribution in [-0.2, 0) is 6.42 Å². The van der Waals surface area contributed by atoms with Crippen molar-refractivity contribution in [2.24, 2.45) is 5.73 Å². The highest BCUT2D eigenvalue weighted by Crippen LogP contribution is 2.38. The van der Waals surface area contributed by atoms with Crippen LogP contribution in [0.15, 0.2) is 40.9 Å². The number of rotatable bonds is 3. The molecule has 4 heteroatoms. The number of carbonyl (C=O) groups is 1. The normalized spacial score (nSPS) is 16.6. The lowest BCUT2D eigenvalue weighted by Crippen LogP contribution is -2.15. The Morgan fingerprint density at radius 1 is 1.29 bits per heavy atom. The molecule has 1 atom stereocenters. The van der Waals surface area contributed by atoms with Gasteiger partial charge in [0.15, 0.2) is 0 Å². The van der Waals surface area contributed by atoms with Gasteiger partial charge in [-0.1, -0.05) is 34.1 Å². The Bertz CT molecular complexity index is 712. The maximum atomic E-state index is 11.4. The highest BCUT2D eigenvalue weighted by Gasteiger charge is 2.24. The van der Waals surface area contributed by atoms with Crippen LogP contribution in [0.1, 0.15) is 39.5 Å². The molecule has 0 aliphatic heterocycles. The van der Waals surface area contributed by atoms with Crippen molar-refractivity contribution >= 4 is 27.5 Å². The number of amides is 1. The Labute approximate surface area is 132 Å². The smallest absolute Gasteiger partial charge is 0.249 e. The number of primary amides is 1. The first-order chi connectivity index (χ1) is 10.1.